The molecule has 1 atom stereocenters. The molecule has 0 saturated heterocycles. The van der Waals surface area contributed by atoms with E-state index in [1.165, 1.54) is 27.7 Å². The third kappa shape index (κ3) is 6.63. The number of aryl methyl sites for hydroxylation is 2. The van der Waals surface area contributed by atoms with Gasteiger partial charge in [-0.3, -0.25) is 0 Å². The molecule has 0 N–H and O–H groups in total. The third-order valence-electron chi connectivity index (χ3n) is 6.33. The molecule has 0 aliphatic heterocycles. The molecule has 3 heteroatoms. The monoisotopic (exact) mass is 468 g/mol. The predicted octanol–water partition coefficient (Wildman–Crippen LogP) is 8.72. The van der Waals surface area contributed by atoms with Gasteiger partial charge in [-0.15, -0.1) is 0 Å². The van der Waals surface area contributed by atoms with Gasteiger partial charge in [0.25, 0.3) is 0 Å². The topological polar surface area (TPSA) is 27.1 Å². The molecule has 3 aromatic rings. The van der Waals surface area contributed by atoms with Gasteiger partial charge < -0.3 is 9.30 Å². The number of rotatable bonds is 7. The molecule has 1 unspecified atom stereocenters. The van der Waals surface area contributed by atoms with E-state index in [9.17, 15) is 0 Å². The van der Waals surface area contributed by atoms with Crippen LogP contribution < -0.4 is 4.74 Å². The van der Waals surface area contributed by atoms with Crippen LogP contribution in [-0.4, -0.2) is 16.2 Å². The summed E-state index contributed by atoms with van der Waals surface area (Å²) in [5.41, 5.74) is 7.45. The van der Waals surface area contributed by atoms with Crippen molar-refractivity contribution in [3.05, 3.63) is 95.9 Å². The lowest BCUT2D eigenvalue weighted by atomic mass is 9.92. The number of allylic oxidation sites excluding steroid dienone is 8. The van der Waals surface area contributed by atoms with Crippen molar-refractivity contribution in [2.45, 2.75) is 60.9 Å². The van der Waals surface area contributed by atoms with Crippen LogP contribution >= 0.6 is 0 Å². The molecule has 0 amide bonds. The van der Waals surface area contributed by atoms with Gasteiger partial charge in [0.15, 0.2) is 0 Å². The number of hydrogen-bond donors (Lipinski definition) is 0. The summed E-state index contributed by atoms with van der Waals surface area (Å²) >= 11 is 0. The Morgan fingerprint density at radius 2 is 1.91 bits per heavy atom. The van der Waals surface area contributed by atoms with E-state index in [2.05, 4.69) is 124 Å². The van der Waals surface area contributed by atoms with Crippen LogP contribution in [0.3, 0.4) is 0 Å². The lowest BCUT2D eigenvalue weighted by molar-refractivity contribution is 0.314. The first-order valence-corrected chi connectivity index (χ1v) is 12.9. The van der Waals surface area contributed by atoms with Crippen molar-refractivity contribution in [3.8, 4) is 16.9 Å². The normalized spacial score (nSPS) is 16.5. The molecule has 0 radical (unpaired) electrons. The molecule has 4 rings (SSSR count). The number of aromatic nitrogens is 2. The quantitative estimate of drug-likeness (QED) is 0.347. The van der Waals surface area contributed by atoms with Gasteiger partial charge >= 0.3 is 0 Å². The maximum absolute atomic E-state index is 5.84. The Hall–Kier alpha value is -3.33. The number of benzene rings is 1. The molecule has 0 spiro atoms. The highest BCUT2D eigenvalue weighted by atomic mass is 16.5. The molecule has 2 aromatic heterocycles. The fourth-order valence-electron chi connectivity index (χ4n) is 4.36. The SMILES string of the molecule is C/C=C\C(C)=C1\C=CC=CC1C.CCCOc1ccc(-c2cnc3c(ccn3CC)c2)cc1CC. The minimum atomic E-state index is 0.561. The summed E-state index contributed by atoms with van der Waals surface area (Å²) in [5.74, 6) is 1.57. The number of hydrogen-bond acceptors (Lipinski definition) is 2. The molecule has 1 aliphatic rings. The van der Waals surface area contributed by atoms with Crippen LogP contribution in [0.2, 0.25) is 0 Å². The van der Waals surface area contributed by atoms with Crippen molar-refractivity contribution in [2.24, 2.45) is 5.92 Å². The second-order valence-corrected chi connectivity index (χ2v) is 8.93. The maximum Gasteiger partial charge on any atom is 0.139 e. The molecular formula is C32H40N2O. The van der Waals surface area contributed by atoms with Crippen molar-refractivity contribution in [3.63, 3.8) is 0 Å². The summed E-state index contributed by atoms with van der Waals surface area (Å²) in [7, 11) is 0. The van der Waals surface area contributed by atoms with Gasteiger partial charge in [-0.05, 0) is 86.1 Å². The highest BCUT2D eigenvalue weighted by molar-refractivity contribution is 5.82. The fourth-order valence-corrected chi connectivity index (χ4v) is 4.36. The number of fused-ring (bicyclic) bond motifs is 1. The summed E-state index contributed by atoms with van der Waals surface area (Å²) in [6.07, 6.45) is 18.9. The van der Waals surface area contributed by atoms with Crippen LogP contribution in [-0.2, 0) is 13.0 Å². The van der Waals surface area contributed by atoms with Gasteiger partial charge in [0.1, 0.15) is 11.4 Å². The Morgan fingerprint density at radius 3 is 2.60 bits per heavy atom. The maximum atomic E-state index is 5.84. The minimum Gasteiger partial charge on any atom is -0.493 e. The molecule has 184 valence electrons. The van der Waals surface area contributed by atoms with Crippen LogP contribution in [0.25, 0.3) is 22.2 Å². The molecule has 3 nitrogen and oxygen atoms in total. The highest BCUT2D eigenvalue weighted by Crippen LogP contribution is 2.29. The van der Waals surface area contributed by atoms with E-state index in [0.29, 0.717) is 5.92 Å². The standard InChI is InChI=1S/C20H24N2O.C12H16/c1-4-11-23-19-8-7-16(12-15(19)5-2)18-13-17-9-10-22(6-3)20(17)21-14-18;1-4-7-10(2)12-9-6-5-8-11(12)3/h7-10,12-14H,4-6,11H2,1-3H3;4-9,11H,1-3H3/b;7-4-,12-10-. The zero-order chi connectivity index (χ0) is 25.2. The van der Waals surface area contributed by atoms with E-state index < -0.39 is 0 Å². The van der Waals surface area contributed by atoms with Crippen LogP contribution in [0.5, 0.6) is 5.75 Å². The molecule has 1 aromatic carbocycles. The predicted molar refractivity (Wildman–Crippen MR) is 151 cm³/mol. The fraction of sp³-hybridized carbons (Fsp3) is 0.344. The van der Waals surface area contributed by atoms with Gasteiger partial charge in [-0.2, -0.15) is 0 Å². The van der Waals surface area contributed by atoms with E-state index in [1.54, 1.807) is 0 Å². The lowest BCUT2D eigenvalue weighted by Gasteiger charge is -2.13. The van der Waals surface area contributed by atoms with E-state index in [1.807, 2.05) is 6.20 Å². The smallest absolute Gasteiger partial charge is 0.139 e. The van der Waals surface area contributed by atoms with Crippen molar-refractivity contribution < 1.29 is 4.74 Å². The number of pyridine rings is 1. The van der Waals surface area contributed by atoms with Crippen LogP contribution in [0.1, 0.15) is 53.5 Å². The Kier molecular flexibility index (Phi) is 9.72. The third-order valence-corrected chi connectivity index (χ3v) is 6.33. The largest absolute Gasteiger partial charge is 0.493 e. The van der Waals surface area contributed by atoms with Gasteiger partial charge in [0.05, 0.1) is 6.61 Å². The Morgan fingerprint density at radius 1 is 1.09 bits per heavy atom. The summed E-state index contributed by atoms with van der Waals surface area (Å²) in [5, 5.41) is 1.19. The van der Waals surface area contributed by atoms with E-state index in [4.69, 9.17) is 4.74 Å². The summed E-state index contributed by atoms with van der Waals surface area (Å²) in [4.78, 5) is 4.65. The molecule has 0 bridgehead atoms. The zero-order valence-electron chi connectivity index (χ0n) is 22.2. The van der Waals surface area contributed by atoms with Crippen molar-refractivity contribution in [1.82, 2.24) is 9.55 Å². The van der Waals surface area contributed by atoms with Gasteiger partial charge in [0.2, 0.25) is 0 Å². The second kappa shape index (κ2) is 12.9. The number of nitrogens with zero attached hydrogens (tertiary/aromatic N) is 2. The van der Waals surface area contributed by atoms with Gasteiger partial charge in [0, 0.05) is 29.9 Å². The molecule has 35 heavy (non-hydrogen) atoms. The van der Waals surface area contributed by atoms with Crippen LogP contribution in [0, 0.1) is 5.92 Å². The van der Waals surface area contributed by atoms with Crippen molar-refractivity contribution >= 4 is 11.0 Å². The number of ether oxygens (including phenoxy) is 1. The second-order valence-electron chi connectivity index (χ2n) is 8.93. The van der Waals surface area contributed by atoms with Crippen molar-refractivity contribution in [1.29, 1.82) is 0 Å². The minimum absolute atomic E-state index is 0.561. The van der Waals surface area contributed by atoms with E-state index in [0.717, 1.165) is 43.0 Å². The Labute approximate surface area is 211 Å². The molecule has 1 aliphatic carbocycles. The van der Waals surface area contributed by atoms with Gasteiger partial charge in [-0.25, -0.2) is 4.98 Å². The Bertz CT molecular complexity index is 1240. The molecule has 0 fully saturated rings. The first-order valence-electron chi connectivity index (χ1n) is 12.9. The highest BCUT2D eigenvalue weighted by Gasteiger charge is 2.08. The van der Waals surface area contributed by atoms with Crippen LogP contribution in [0.15, 0.2) is 90.3 Å². The van der Waals surface area contributed by atoms with E-state index >= 15 is 0 Å². The van der Waals surface area contributed by atoms with E-state index in [-0.39, 0.29) is 0 Å². The van der Waals surface area contributed by atoms with Crippen LogP contribution in [0.4, 0.5) is 0 Å². The Balaban J connectivity index is 0.000000241. The lowest BCUT2D eigenvalue weighted by Crippen LogP contribution is -1.98. The van der Waals surface area contributed by atoms with Gasteiger partial charge in [-0.1, -0.05) is 63.3 Å². The first kappa shape index (κ1) is 26.3. The first-order chi connectivity index (χ1) is 17.0. The molecular weight excluding hydrogens is 428 g/mol. The molecule has 0 saturated carbocycles. The summed E-state index contributed by atoms with van der Waals surface area (Å²) in [6, 6.07) is 10.8. The average Bonchev–Trinajstić information content (AvgIpc) is 3.30. The zero-order valence-corrected chi connectivity index (χ0v) is 22.2. The summed E-state index contributed by atoms with van der Waals surface area (Å²) in [6.45, 7) is 14.6. The average molecular weight is 469 g/mol. The van der Waals surface area contributed by atoms with Crippen molar-refractivity contribution in [2.75, 3.05) is 6.61 Å². The summed E-state index contributed by atoms with van der Waals surface area (Å²) < 4.78 is 8.00. The molecule has 2 heterocycles.